The number of thioether (sulfide) groups is 2. The first-order valence-corrected chi connectivity index (χ1v) is 9.03. The maximum Gasteiger partial charge on any atom is 0.264 e. The smallest absolute Gasteiger partial charge is 0.264 e. The van der Waals surface area contributed by atoms with Gasteiger partial charge in [0.05, 0.1) is 10.2 Å². The zero-order valence-electron chi connectivity index (χ0n) is 11.6. The van der Waals surface area contributed by atoms with Crippen molar-refractivity contribution in [2.45, 2.75) is 49.1 Å². The second-order valence-electron chi connectivity index (χ2n) is 5.32. The quantitative estimate of drug-likeness (QED) is 0.776. The van der Waals surface area contributed by atoms with Crippen LogP contribution in [0.4, 0.5) is 0 Å². The first-order valence-electron chi connectivity index (χ1n) is 6.42. The van der Waals surface area contributed by atoms with E-state index in [4.69, 9.17) is 0 Å². The first-order chi connectivity index (χ1) is 8.83. The zero-order chi connectivity index (χ0) is 14.2. The van der Waals surface area contributed by atoms with Gasteiger partial charge in [-0.3, -0.25) is 4.79 Å². The maximum absolute atomic E-state index is 12.0. The number of aliphatic imine (C=N–C) groups is 1. The van der Waals surface area contributed by atoms with Crippen molar-refractivity contribution in [2.75, 3.05) is 0 Å². The molecule has 0 aromatic carbocycles. The lowest BCUT2D eigenvalue weighted by molar-refractivity contribution is -0.120. The third-order valence-electron chi connectivity index (χ3n) is 3.57. The lowest BCUT2D eigenvalue weighted by Gasteiger charge is -2.25. The summed E-state index contributed by atoms with van der Waals surface area (Å²) in [5.74, 6) is 0.254. The van der Waals surface area contributed by atoms with Crippen LogP contribution in [0.1, 0.15) is 34.1 Å². The van der Waals surface area contributed by atoms with E-state index in [1.807, 2.05) is 18.7 Å². The molecule has 0 aromatic heterocycles. The predicted molar refractivity (Wildman–Crippen MR) is 88.9 cm³/mol. The van der Waals surface area contributed by atoms with Gasteiger partial charge in [0.25, 0.3) is 5.91 Å². The van der Waals surface area contributed by atoms with Gasteiger partial charge in [0.15, 0.2) is 5.17 Å². The average Bonchev–Trinajstić information content (AvgIpc) is 2.85. The molecule has 6 heteroatoms. The number of hydrogen-bond acceptors (Lipinski definition) is 4. The van der Waals surface area contributed by atoms with E-state index in [9.17, 15) is 4.79 Å². The SMILES string of the molecule is CC(C)C1(C)SC(N[C@@H](C)C2=CCC(Br)S2)=NC1=O. The van der Waals surface area contributed by atoms with Gasteiger partial charge in [0, 0.05) is 4.91 Å². The van der Waals surface area contributed by atoms with Crippen LogP contribution in [-0.4, -0.2) is 26.0 Å². The molecule has 19 heavy (non-hydrogen) atoms. The Hall–Kier alpha value is 0.0600. The Kier molecular flexibility index (Phi) is 4.73. The molecule has 1 N–H and O–H groups in total. The lowest BCUT2D eigenvalue weighted by atomic mass is 9.96. The normalized spacial score (nSPS) is 32.5. The monoisotopic (exact) mass is 362 g/mol. The first kappa shape index (κ1) is 15.4. The third-order valence-corrected chi connectivity index (χ3v) is 7.22. The van der Waals surface area contributed by atoms with Crippen molar-refractivity contribution in [3.05, 3.63) is 11.0 Å². The molecular weight excluding hydrogens is 344 g/mol. The standard InChI is InChI=1S/C13H19BrN2OS2/c1-7(2)13(4)11(17)16-12(19-13)15-8(3)9-5-6-10(14)18-9/h5,7-8,10H,6H2,1-4H3,(H,15,16,17)/t8-,10?,13?/m0/s1. The number of carbonyl (C=O) groups excluding carboxylic acids is 1. The summed E-state index contributed by atoms with van der Waals surface area (Å²) in [6, 6.07) is 0.209. The number of carbonyl (C=O) groups is 1. The molecular formula is C13H19BrN2OS2. The Bertz CT molecular complexity index is 450. The summed E-state index contributed by atoms with van der Waals surface area (Å²) >= 11 is 6.99. The van der Waals surface area contributed by atoms with Crippen molar-refractivity contribution in [2.24, 2.45) is 10.9 Å². The molecule has 0 aliphatic carbocycles. The Balaban J connectivity index is 1.98. The summed E-state index contributed by atoms with van der Waals surface area (Å²) in [5, 5.41) is 4.12. The van der Waals surface area contributed by atoms with Gasteiger partial charge < -0.3 is 5.32 Å². The van der Waals surface area contributed by atoms with E-state index in [1.54, 1.807) is 11.8 Å². The van der Waals surface area contributed by atoms with Crippen LogP contribution in [-0.2, 0) is 4.79 Å². The van der Waals surface area contributed by atoms with Gasteiger partial charge in [0.1, 0.15) is 4.75 Å². The Morgan fingerprint density at radius 1 is 1.53 bits per heavy atom. The van der Waals surface area contributed by atoms with Crippen molar-refractivity contribution < 1.29 is 4.79 Å². The molecule has 1 amide bonds. The van der Waals surface area contributed by atoms with Crippen LogP contribution in [0.25, 0.3) is 0 Å². The number of halogens is 1. The van der Waals surface area contributed by atoms with E-state index in [1.165, 1.54) is 4.91 Å². The molecule has 0 spiro atoms. The number of amidine groups is 1. The Morgan fingerprint density at radius 3 is 2.68 bits per heavy atom. The number of alkyl halides is 1. The molecule has 2 aliphatic rings. The molecule has 2 heterocycles. The number of rotatable bonds is 3. The average molecular weight is 363 g/mol. The Morgan fingerprint density at radius 2 is 2.21 bits per heavy atom. The second kappa shape index (κ2) is 5.82. The van der Waals surface area contributed by atoms with E-state index in [-0.39, 0.29) is 17.9 Å². The molecule has 2 aliphatic heterocycles. The molecule has 0 saturated heterocycles. The summed E-state index contributed by atoms with van der Waals surface area (Å²) in [5.41, 5.74) is 0. The van der Waals surface area contributed by atoms with Crippen LogP contribution in [0.3, 0.4) is 0 Å². The minimum Gasteiger partial charge on any atom is -0.357 e. The number of amides is 1. The molecule has 0 radical (unpaired) electrons. The summed E-state index contributed by atoms with van der Waals surface area (Å²) in [6.45, 7) is 8.23. The van der Waals surface area contributed by atoms with E-state index in [0.29, 0.717) is 4.16 Å². The lowest BCUT2D eigenvalue weighted by Crippen LogP contribution is -2.35. The molecule has 106 valence electrons. The highest BCUT2D eigenvalue weighted by molar-refractivity contribution is 9.11. The van der Waals surface area contributed by atoms with Crippen LogP contribution in [0.15, 0.2) is 16.0 Å². The molecule has 2 unspecified atom stereocenters. The van der Waals surface area contributed by atoms with E-state index in [2.05, 4.69) is 53.1 Å². The number of hydrogen-bond donors (Lipinski definition) is 1. The van der Waals surface area contributed by atoms with E-state index in [0.717, 1.165) is 11.6 Å². The third kappa shape index (κ3) is 3.22. The van der Waals surface area contributed by atoms with Crippen molar-refractivity contribution in [1.82, 2.24) is 5.32 Å². The largest absolute Gasteiger partial charge is 0.357 e. The minimum absolute atomic E-state index is 0.0198. The summed E-state index contributed by atoms with van der Waals surface area (Å²) < 4.78 is 0.0597. The highest BCUT2D eigenvalue weighted by Crippen LogP contribution is 2.41. The van der Waals surface area contributed by atoms with Crippen LogP contribution in [0, 0.1) is 5.92 Å². The molecule has 0 aromatic rings. The zero-order valence-corrected chi connectivity index (χ0v) is 14.8. The molecule has 2 rings (SSSR count). The predicted octanol–water partition coefficient (Wildman–Crippen LogP) is 3.75. The van der Waals surface area contributed by atoms with Gasteiger partial charge >= 0.3 is 0 Å². The number of allylic oxidation sites excluding steroid dienone is 1. The molecule has 3 nitrogen and oxygen atoms in total. The number of nitrogens with one attached hydrogen (secondary N) is 1. The van der Waals surface area contributed by atoms with Crippen LogP contribution in [0.5, 0.6) is 0 Å². The molecule has 0 bridgehead atoms. The fourth-order valence-electron chi connectivity index (χ4n) is 1.88. The highest BCUT2D eigenvalue weighted by atomic mass is 79.9. The molecule has 0 saturated carbocycles. The van der Waals surface area contributed by atoms with Gasteiger partial charge in [-0.1, -0.05) is 47.6 Å². The topological polar surface area (TPSA) is 41.5 Å². The van der Waals surface area contributed by atoms with Crippen LogP contribution < -0.4 is 5.32 Å². The Labute approximate surface area is 131 Å². The molecule has 0 fully saturated rings. The van der Waals surface area contributed by atoms with Crippen molar-refractivity contribution in [1.29, 1.82) is 0 Å². The van der Waals surface area contributed by atoms with Crippen molar-refractivity contribution in [3.63, 3.8) is 0 Å². The van der Waals surface area contributed by atoms with E-state index >= 15 is 0 Å². The van der Waals surface area contributed by atoms with Crippen LogP contribution >= 0.6 is 39.5 Å². The highest BCUT2D eigenvalue weighted by Gasteiger charge is 2.44. The number of nitrogens with zero attached hydrogens (tertiary/aromatic N) is 1. The van der Waals surface area contributed by atoms with Crippen LogP contribution in [0.2, 0.25) is 0 Å². The fraction of sp³-hybridized carbons (Fsp3) is 0.692. The van der Waals surface area contributed by atoms with Gasteiger partial charge in [-0.15, -0.1) is 11.8 Å². The second-order valence-corrected chi connectivity index (χ2v) is 9.75. The van der Waals surface area contributed by atoms with Gasteiger partial charge in [-0.25, -0.2) is 0 Å². The van der Waals surface area contributed by atoms with Gasteiger partial charge in [-0.2, -0.15) is 4.99 Å². The van der Waals surface area contributed by atoms with Crippen molar-refractivity contribution in [3.8, 4) is 0 Å². The minimum atomic E-state index is -0.419. The van der Waals surface area contributed by atoms with Crippen molar-refractivity contribution >= 4 is 50.5 Å². The summed E-state index contributed by atoms with van der Waals surface area (Å²) in [6.07, 6.45) is 3.29. The van der Waals surface area contributed by atoms with E-state index < -0.39 is 4.75 Å². The maximum atomic E-state index is 12.0. The van der Waals surface area contributed by atoms with Gasteiger partial charge in [0.2, 0.25) is 0 Å². The fourth-order valence-corrected chi connectivity index (χ4v) is 4.80. The summed E-state index contributed by atoms with van der Waals surface area (Å²) in [7, 11) is 0. The molecule has 3 atom stereocenters. The summed E-state index contributed by atoms with van der Waals surface area (Å²) in [4.78, 5) is 17.5. The van der Waals surface area contributed by atoms with Gasteiger partial charge in [-0.05, 0) is 26.2 Å².